The van der Waals surface area contributed by atoms with Gasteiger partial charge in [0.15, 0.2) is 6.10 Å². The van der Waals surface area contributed by atoms with Gasteiger partial charge in [0.05, 0.1) is 22.9 Å². The Bertz CT molecular complexity index is 1100. The van der Waals surface area contributed by atoms with Gasteiger partial charge >= 0.3 is 12.2 Å². The number of nitrogens with one attached hydrogen (secondary N) is 2. The number of carbonyl (C=O) groups is 2. The molecule has 3 amide bonds. The molecule has 0 aromatic heterocycles. The quantitative estimate of drug-likeness (QED) is 0.515. The van der Waals surface area contributed by atoms with E-state index in [1.165, 1.54) is 19.2 Å². The number of aliphatic hydroxyl groups is 1. The van der Waals surface area contributed by atoms with Crippen molar-refractivity contribution in [3.8, 4) is 5.75 Å². The standard InChI is InChI=1S/C20H18ClF5N4O4/c1-9(20(24,25)26)34-15-7-14(30-19(33)29(2)16(8-31)28-30)13(23)6-10(15)18(32)27-17-11(21)4-3-5-12(17)22/h3-7,9,16,28,31H,8H2,1-2H3,(H,27,32)/t9-,16?/m0/s1. The highest BCUT2D eigenvalue weighted by molar-refractivity contribution is 6.34. The number of aliphatic hydroxyl groups excluding tert-OH is 1. The molecule has 2 atom stereocenters. The summed E-state index contributed by atoms with van der Waals surface area (Å²) in [6, 6.07) is 3.92. The number of likely N-dealkylation sites (N-methyl/N-ethyl adjacent to an activating group) is 1. The molecule has 2 aromatic carbocycles. The Morgan fingerprint density at radius 2 is 1.97 bits per heavy atom. The molecule has 0 bridgehead atoms. The maximum Gasteiger partial charge on any atom is 0.425 e. The van der Waals surface area contributed by atoms with E-state index in [9.17, 15) is 36.6 Å². The highest BCUT2D eigenvalue weighted by Gasteiger charge is 2.40. The van der Waals surface area contributed by atoms with E-state index in [4.69, 9.17) is 16.3 Å². The van der Waals surface area contributed by atoms with Crippen LogP contribution < -0.4 is 20.5 Å². The van der Waals surface area contributed by atoms with Gasteiger partial charge in [0, 0.05) is 13.1 Å². The van der Waals surface area contributed by atoms with Crippen molar-refractivity contribution >= 4 is 34.9 Å². The monoisotopic (exact) mass is 508 g/mol. The Morgan fingerprint density at radius 3 is 2.53 bits per heavy atom. The molecule has 8 nitrogen and oxygen atoms in total. The number of hydrazine groups is 1. The molecule has 1 unspecified atom stereocenters. The van der Waals surface area contributed by atoms with E-state index in [-0.39, 0.29) is 5.02 Å². The molecule has 184 valence electrons. The van der Waals surface area contributed by atoms with Crippen LogP contribution in [0.4, 0.5) is 38.1 Å². The molecule has 3 N–H and O–H groups in total. The topological polar surface area (TPSA) is 94.1 Å². The van der Waals surface area contributed by atoms with Gasteiger partial charge in [0.25, 0.3) is 5.91 Å². The summed E-state index contributed by atoms with van der Waals surface area (Å²) in [4.78, 5) is 26.2. The first kappa shape index (κ1) is 25.5. The van der Waals surface area contributed by atoms with Crippen LogP contribution in [0.5, 0.6) is 5.75 Å². The van der Waals surface area contributed by atoms with Crippen LogP contribution in [0.1, 0.15) is 17.3 Å². The van der Waals surface area contributed by atoms with Crippen molar-refractivity contribution in [2.45, 2.75) is 25.4 Å². The van der Waals surface area contributed by atoms with Crippen LogP contribution in [-0.4, -0.2) is 54.0 Å². The molecule has 0 aliphatic carbocycles. The third-order valence-corrected chi connectivity index (χ3v) is 5.23. The predicted octanol–water partition coefficient (Wildman–Crippen LogP) is 3.89. The summed E-state index contributed by atoms with van der Waals surface area (Å²) in [6.45, 7) is 0.117. The zero-order valence-electron chi connectivity index (χ0n) is 17.6. The number of rotatable bonds is 6. The molecule has 1 saturated heterocycles. The van der Waals surface area contributed by atoms with Gasteiger partial charge in [-0.2, -0.15) is 13.2 Å². The summed E-state index contributed by atoms with van der Waals surface area (Å²) in [5.74, 6) is -4.08. The van der Waals surface area contributed by atoms with Gasteiger partial charge in [-0.05, 0) is 25.1 Å². The molecule has 1 aliphatic heterocycles. The lowest BCUT2D eigenvalue weighted by atomic mass is 10.1. The lowest BCUT2D eigenvalue weighted by Gasteiger charge is -2.22. The Morgan fingerprint density at radius 1 is 1.29 bits per heavy atom. The predicted molar refractivity (Wildman–Crippen MR) is 112 cm³/mol. The summed E-state index contributed by atoms with van der Waals surface area (Å²) in [5.41, 5.74) is 0.727. The van der Waals surface area contributed by atoms with Crippen molar-refractivity contribution in [1.29, 1.82) is 0 Å². The average molecular weight is 509 g/mol. The van der Waals surface area contributed by atoms with Crippen molar-refractivity contribution in [3.63, 3.8) is 0 Å². The minimum absolute atomic E-state index is 0.207. The number of urea groups is 1. The number of hydrogen-bond donors (Lipinski definition) is 3. The molecule has 2 aromatic rings. The number of carbonyl (C=O) groups excluding carboxylic acids is 2. The zero-order chi connectivity index (χ0) is 25.4. The number of ether oxygens (including phenoxy) is 1. The Hall–Kier alpha value is -3.16. The summed E-state index contributed by atoms with van der Waals surface area (Å²) < 4.78 is 73.3. The lowest BCUT2D eigenvalue weighted by Crippen LogP contribution is -2.40. The van der Waals surface area contributed by atoms with Gasteiger partial charge in [-0.1, -0.05) is 17.7 Å². The third-order valence-electron chi connectivity index (χ3n) is 4.91. The van der Waals surface area contributed by atoms with Gasteiger partial charge in [-0.25, -0.2) is 24.0 Å². The summed E-state index contributed by atoms with van der Waals surface area (Å²) >= 11 is 5.86. The van der Waals surface area contributed by atoms with E-state index >= 15 is 0 Å². The SMILES string of the molecule is C[C@H](Oc1cc(N2NC(CO)N(C)C2=O)c(F)cc1C(=O)Nc1c(F)cccc1Cl)C(F)(F)F. The number of alkyl halides is 3. The van der Waals surface area contributed by atoms with Gasteiger partial charge in [-0.15, -0.1) is 0 Å². The first-order chi connectivity index (χ1) is 15.8. The smallest absolute Gasteiger partial charge is 0.425 e. The van der Waals surface area contributed by atoms with E-state index in [0.29, 0.717) is 24.1 Å². The van der Waals surface area contributed by atoms with Gasteiger partial charge in [0.1, 0.15) is 29.2 Å². The highest BCUT2D eigenvalue weighted by Crippen LogP contribution is 2.35. The lowest BCUT2D eigenvalue weighted by molar-refractivity contribution is -0.189. The summed E-state index contributed by atoms with van der Waals surface area (Å²) in [6.07, 6.45) is -8.21. The van der Waals surface area contributed by atoms with Crippen LogP contribution in [0.25, 0.3) is 0 Å². The molecule has 0 saturated carbocycles. The number of nitrogens with zero attached hydrogens (tertiary/aromatic N) is 2. The average Bonchev–Trinajstić information content (AvgIpc) is 3.04. The molecule has 0 radical (unpaired) electrons. The Kier molecular flexibility index (Phi) is 7.19. The maximum absolute atomic E-state index is 15.0. The van der Waals surface area contributed by atoms with Crippen molar-refractivity contribution in [2.75, 3.05) is 24.0 Å². The first-order valence-electron chi connectivity index (χ1n) is 9.61. The fourth-order valence-corrected chi connectivity index (χ4v) is 3.17. The number of amides is 3. The fourth-order valence-electron chi connectivity index (χ4n) is 2.96. The second-order valence-electron chi connectivity index (χ2n) is 7.21. The Balaban J connectivity index is 2.06. The second-order valence-corrected chi connectivity index (χ2v) is 7.62. The number of halogens is 6. The normalized spacial score (nSPS) is 17.2. The summed E-state index contributed by atoms with van der Waals surface area (Å²) in [7, 11) is 1.30. The van der Waals surface area contributed by atoms with E-state index in [2.05, 4.69) is 10.7 Å². The van der Waals surface area contributed by atoms with Gasteiger partial charge < -0.3 is 20.1 Å². The van der Waals surface area contributed by atoms with Crippen LogP contribution in [0.3, 0.4) is 0 Å². The molecular weight excluding hydrogens is 491 g/mol. The Labute approximate surface area is 194 Å². The maximum atomic E-state index is 15.0. The van der Waals surface area contributed by atoms with Gasteiger partial charge in [-0.3, -0.25) is 4.79 Å². The van der Waals surface area contributed by atoms with E-state index in [0.717, 1.165) is 11.0 Å². The van der Waals surface area contributed by atoms with Crippen LogP contribution >= 0.6 is 11.6 Å². The molecule has 1 fully saturated rings. The number of anilines is 2. The van der Waals surface area contributed by atoms with Crippen molar-refractivity contribution < 1.29 is 41.4 Å². The second kappa shape index (κ2) is 9.60. The zero-order valence-corrected chi connectivity index (χ0v) is 18.3. The molecule has 1 aliphatic rings. The molecule has 1 heterocycles. The van der Waals surface area contributed by atoms with E-state index in [1.54, 1.807) is 0 Å². The number of para-hydroxylation sites is 1. The molecule has 3 rings (SSSR count). The number of hydrogen-bond acceptors (Lipinski definition) is 5. The third kappa shape index (κ3) is 5.00. The minimum Gasteiger partial charge on any atom is -0.480 e. The van der Waals surface area contributed by atoms with Crippen molar-refractivity contribution in [1.82, 2.24) is 10.3 Å². The van der Waals surface area contributed by atoms with Crippen molar-refractivity contribution in [2.24, 2.45) is 0 Å². The first-order valence-corrected chi connectivity index (χ1v) is 9.99. The molecule has 0 spiro atoms. The van der Waals surface area contributed by atoms with E-state index < -0.39 is 71.3 Å². The molecule has 34 heavy (non-hydrogen) atoms. The highest BCUT2D eigenvalue weighted by atomic mass is 35.5. The van der Waals surface area contributed by atoms with Crippen molar-refractivity contribution in [3.05, 3.63) is 52.6 Å². The largest absolute Gasteiger partial charge is 0.480 e. The summed E-state index contributed by atoms with van der Waals surface area (Å²) in [5, 5.41) is 11.9. The number of benzene rings is 2. The molecular formula is C20H18ClF5N4O4. The van der Waals surface area contributed by atoms with Gasteiger partial charge in [0.2, 0.25) is 0 Å². The fraction of sp³-hybridized carbons (Fsp3) is 0.300. The van der Waals surface area contributed by atoms with Crippen LogP contribution in [-0.2, 0) is 0 Å². The van der Waals surface area contributed by atoms with Crippen LogP contribution in [0.15, 0.2) is 30.3 Å². The van der Waals surface area contributed by atoms with E-state index in [1.807, 2.05) is 0 Å². The minimum atomic E-state index is -4.85. The molecule has 14 heteroatoms. The van der Waals surface area contributed by atoms with Crippen LogP contribution in [0, 0.1) is 11.6 Å². The van der Waals surface area contributed by atoms with Crippen LogP contribution in [0.2, 0.25) is 5.02 Å².